The normalized spacial score (nSPS) is 10.6. The van der Waals surface area contributed by atoms with Crippen molar-refractivity contribution >= 4 is 22.9 Å². The Morgan fingerprint density at radius 1 is 1.05 bits per heavy atom. The third-order valence-electron chi connectivity index (χ3n) is 3.26. The minimum Gasteiger partial charge on any atom is -0.496 e. The lowest BCUT2D eigenvalue weighted by Gasteiger charge is -2.08. The molecule has 0 N–H and O–H groups in total. The second-order valence-electron chi connectivity index (χ2n) is 4.59. The number of methoxy groups -OCH3 is 1. The largest absolute Gasteiger partial charge is 0.496 e. The van der Waals surface area contributed by atoms with Gasteiger partial charge in [0.2, 0.25) is 0 Å². The molecule has 0 unspecified atom stereocenters. The highest BCUT2D eigenvalue weighted by molar-refractivity contribution is 7.16. The molecule has 0 aliphatic rings. The average molecular weight is 316 g/mol. The summed E-state index contributed by atoms with van der Waals surface area (Å²) in [7, 11) is 1.69. The highest BCUT2D eigenvalue weighted by atomic mass is 35.5. The summed E-state index contributed by atoms with van der Waals surface area (Å²) in [6.45, 7) is 0. The molecule has 0 fully saturated rings. The summed E-state index contributed by atoms with van der Waals surface area (Å²) >= 11 is 7.65. The van der Waals surface area contributed by atoms with Crippen molar-refractivity contribution in [3.63, 3.8) is 0 Å². The lowest BCUT2D eigenvalue weighted by Crippen LogP contribution is -1.93. The molecule has 0 amide bonds. The molecule has 2 nitrogen and oxygen atoms in total. The Balaban J connectivity index is 2.00. The fourth-order valence-electron chi connectivity index (χ4n) is 2.29. The van der Waals surface area contributed by atoms with Crippen molar-refractivity contribution in [2.24, 2.45) is 0 Å². The van der Waals surface area contributed by atoms with Gasteiger partial charge in [0.05, 0.1) is 12.8 Å². The van der Waals surface area contributed by atoms with E-state index in [-0.39, 0.29) is 0 Å². The zero-order chi connectivity index (χ0) is 14.7. The molecule has 0 aliphatic heterocycles. The van der Waals surface area contributed by atoms with E-state index in [1.807, 2.05) is 36.4 Å². The van der Waals surface area contributed by atoms with E-state index in [1.165, 1.54) is 11.3 Å². The molecule has 3 aromatic rings. The number of benzene rings is 2. The lowest BCUT2D eigenvalue weighted by molar-refractivity contribution is 0.410. The van der Waals surface area contributed by atoms with E-state index in [1.54, 1.807) is 7.11 Å². The Kier molecular flexibility index (Phi) is 4.23. The van der Waals surface area contributed by atoms with Crippen LogP contribution in [0.25, 0.3) is 11.3 Å². The van der Waals surface area contributed by atoms with E-state index in [9.17, 15) is 0 Å². The Bertz CT molecular complexity index is 740. The van der Waals surface area contributed by atoms with Gasteiger partial charge in [0.15, 0.2) is 4.47 Å². The van der Waals surface area contributed by atoms with E-state index in [2.05, 4.69) is 23.2 Å². The first-order valence-electron chi connectivity index (χ1n) is 6.60. The number of aromatic nitrogens is 1. The van der Waals surface area contributed by atoms with Crippen molar-refractivity contribution in [3.8, 4) is 17.0 Å². The molecule has 2 aromatic carbocycles. The maximum absolute atomic E-state index is 6.13. The predicted octanol–water partition coefficient (Wildman–Crippen LogP) is 5.06. The zero-order valence-electron chi connectivity index (χ0n) is 11.5. The first-order valence-corrected chi connectivity index (χ1v) is 7.80. The van der Waals surface area contributed by atoms with Crippen LogP contribution >= 0.6 is 22.9 Å². The number of hydrogen-bond donors (Lipinski definition) is 0. The van der Waals surface area contributed by atoms with Crippen LogP contribution < -0.4 is 4.74 Å². The van der Waals surface area contributed by atoms with Crippen LogP contribution in [0.3, 0.4) is 0 Å². The number of ether oxygens (including phenoxy) is 1. The van der Waals surface area contributed by atoms with Crippen molar-refractivity contribution in [1.82, 2.24) is 4.98 Å². The van der Waals surface area contributed by atoms with Crippen LogP contribution in [-0.4, -0.2) is 12.1 Å². The zero-order valence-corrected chi connectivity index (χ0v) is 13.1. The van der Waals surface area contributed by atoms with Gasteiger partial charge in [-0.1, -0.05) is 60.1 Å². The van der Waals surface area contributed by atoms with Gasteiger partial charge in [-0.2, -0.15) is 0 Å². The molecule has 21 heavy (non-hydrogen) atoms. The Labute approximate surface area is 133 Å². The topological polar surface area (TPSA) is 22.1 Å². The van der Waals surface area contributed by atoms with Crippen molar-refractivity contribution in [2.75, 3.05) is 7.11 Å². The van der Waals surface area contributed by atoms with Crippen LogP contribution in [0.5, 0.6) is 5.75 Å². The summed E-state index contributed by atoms with van der Waals surface area (Å²) in [4.78, 5) is 5.62. The SMILES string of the molecule is COc1ccccc1Cc1sc(Cl)nc1-c1ccccc1. The molecule has 0 atom stereocenters. The molecule has 0 saturated carbocycles. The third kappa shape index (κ3) is 3.09. The quantitative estimate of drug-likeness (QED) is 0.671. The molecule has 4 heteroatoms. The third-order valence-corrected chi connectivity index (χ3v) is 4.42. The maximum atomic E-state index is 6.13. The molecule has 0 bridgehead atoms. The number of rotatable bonds is 4. The molecule has 0 aliphatic carbocycles. The minimum absolute atomic E-state index is 0.568. The van der Waals surface area contributed by atoms with E-state index >= 15 is 0 Å². The van der Waals surface area contributed by atoms with E-state index in [0.29, 0.717) is 4.47 Å². The number of halogens is 1. The van der Waals surface area contributed by atoms with Crippen LogP contribution in [0.1, 0.15) is 10.4 Å². The molecule has 106 valence electrons. The molecule has 1 heterocycles. The van der Waals surface area contributed by atoms with Crippen molar-refractivity contribution in [3.05, 3.63) is 69.5 Å². The lowest BCUT2D eigenvalue weighted by atomic mass is 10.1. The van der Waals surface area contributed by atoms with Crippen molar-refractivity contribution in [2.45, 2.75) is 6.42 Å². The van der Waals surface area contributed by atoms with Crippen LogP contribution in [0.15, 0.2) is 54.6 Å². The standard InChI is InChI=1S/C17H14ClNOS/c1-20-14-10-6-5-9-13(14)11-15-16(19-17(18)21-15)12-7-3-2-4-8-12/h2-10H,11H2,1H3. The molecule has 3 rings (SSSR count). The van der Waals surface area contributed by atoms with Gasteiger partial charge in [0.25, 0.3) is 0 Å². The highest BCUT2D eigenvalue weighted by Gasteiger charge is 2.14. The number of hydrogen-bond acceptors (Lipinski definition) is 3. The Hall–Kier alpha value is -1.84. The van der Waals surface area contributed by atoms with E-state index in [4.69, 9.17) is 16.3 Å². The minimum atomic E-state index is 0.568. The Morgan fingerprint density at radius 3 is 2.52 bits per heavy atom. The predicted molar refractivity (Wildman–Crippen MR) is 88.4 cm³/mol. The van der Waals surface area contributed by atoms with E-state index < -0.39 is 0 Å². The second-order valence-corrected chi connectivity index (χ2v) is 6.26. The van der Waals surface area contributed by atoms with Crippen LogP contribution in [0.4, 0.5) is 0 Å². The summed E-state index contributed by atoms with van der Waals surface area (Å²) in [5, 5.41) is 0. The van der Waals surface area contributed by atoms with Gasteiger partial charge in [-0.05, 0) is 11.6 Å². The number of para-hydroxylation sites is 1. The molecular weight excluding hydrogens is 302 g/mol. The van der Waals surface area contributed by atoms with Gasteiger partial charge in [-0.25, -0.2) is 4.98 Å². The fraction of sp³-hybridized carbons (Fsp3) is 0.118. The van der Waals surface area contributed by atoms with Gasteiger partial charge < -0.3 is 4.74 Å². The maximum Gasteiger partial charge on any atom is 0.184 e. The van der Waals surface area contributed by atoms with Crippen LogP contribution in [-0.2, 0) is 6.42 Å². The van der Waals surface area contributed by atoms with Gasteiger partial charge in [0, 0.05) is 16.9 Å². The summed E-state index contributed by atoms with van der Waals surface area (Å²) in [5.41, 5.74) is 3.18. The second kappa shape index (κ2) is 6.29. The van der Waals surface area contributed by atoms with Gasteiger partial charge in [0.1, 0.15) is 5.75 Å². The summed E-state index contributed by atoms with van der Waals surface area (Å²) in [5.74, 6) is 0.890. The first kappa shape index (κ1) is 14.1. The Morgan fingerprint density at radius 2 is 1.76 bits per heavy atom. The van der Waals surface area contributed by atoms with Crippen LogP contribution in [0.2, 0.25) is 4.47 Å². The van der Waals surface area contributed by atoms with Crippen LogP contribution in [0, 0.1) is 0 Å². The first-order chi connectivity index (χ1) is 10.3. The van der Waals surface area contributed by atoms with E-state index in [0.717, 1.165) is 33.9 Å². The number of thiazole rings is 1. The van der Waals surface area contributed by atoms with Gasteiger partial charge in [-0.15, -0.1) is 11.3 Å². The summed E-state index contributed by atoms with van der Waals surface area (Å²) < 4.78 is 5.99. The molecule has 0 radical (unpaired) electrons. The van der Waals surface area contributed by atoms with Crippen molar-refractivity contribution in [1.29, 1.82) is 0 Å². The molecular formula is C17H14ClNOS. The molecule has 0 spiro atoms. The van der Waals surface area contributed by atoms with Gasteiger partial charge >= 0.3 is 0 Å². The molecule has 0 saturated heterocycles. The van der Waals surface area contributed by atoms with Crippen molar-refractivity contribution < 1.29 is 4.74 Å². The smallest absolute Gasteiger partial charge is 0.184 e. The monoisotopic (exact) mass is 315 g/mol. The average Bonchev–Trinajstić information content (AvgIpc) is 2.89. The van der Waals surface area contributed by atoms with Gasteiger partial charge in [-0.3, -0.25) is 0 Å². The summed E-state index contributed by atoms with van der Waals surface area (Å²) in [6.07, 6.45) is 0.763. The summed E-state index contributed by atoms with van der Waals surface area (Å²) in [6, 6.07) is 18.2. The fourth-order valence-corrected chi connectivity index (χ4v) is 3.48. The number of nitrogens with zero attached hydrogens (tertiary/aromatic N) is 1. The highest BCUT2D eigenvalue weighted by Crippen LogP contribution is 2.34. The molecule has 1 aromatic heterocycles.